The van der Waals surface area contributed by atoms with Crippen LogP contribution < -0.4 is 0 Å². The smallest absolute Gasteiger partial charge is 0.410 e. The van der Waals surface area contributed by atoms with Crippen LogP contribution in [0.5, 0.6) is 0 Å². The second-order valence-electron chi connectivity index (χ2n) is 1.57. The molecule has 0 aromatic heterocycles. The monoisotopic (exact) mass is 133 g/mol. The minimum Gasteiger partial charge on any atom is -0.471 e. The average molecular weight is 133 g/mol. The standard InChI is InChI=1S/C2H3BF5/c1-3(7,8)2(4,5)6/h1H3/q-1. The Labute approximate surface area is 42.7 Å². The Balaban J connectivity index is 4.02. The van der Waals surface area contributed by atoms with Crippen molar-refractivity contribution >= 4 is 6.70 Å². The van der Waals surface area contributed by atoms with Gasteiger partial charge in [0.15, 0.2) is 0 Å². The Morgan fingerprint density at radius 3 is 1.25 bits per heavy atom. The minimum atomic E-state index is -5.33. The maximum Gasteiger partial charge on any atom is 0.410 e. The van der Waals surface area contributed by atoms with Gasteiger partial charge in [0.2, 0.25) is 0 Å². The number of alkyl halides is 3. The van der Waals surface area contributed by atoms with Crippen molar-refractivity contribution in [3.8, 4) is 0 Å². The highest BCUT2D eigenvalue weighted by atomic mass is 19.4. The van der Waals surface area contributed by atoms with Crippen LogP contribution in [0.4, 0.5) is 21.8 Å². The number of halogens is 5. The van der Waals surface area contributed by atoms with Crippen LogP contribution in [-0.4, -0.2) is 12.8 Å². The lowest BCUT2D eigenvalue weighted by molar-refractivity contribution is -0.0722. The van der Waals surface area contributed by atoms with Gasteiger partial charge < -0.3 is 8.63 Å². The zero-order valence-electron chi connectivity index (χ0n) is 3.97. The lowest BCUT2D eigenvalue weighted by Gasteiger charge is -2.20. The fourth-order valence-electron chi connectivity index (χ4n) is 0. The molecule has 0 unspecified atom stereocenters. The summed E-state index contributed by atoms with van der Waals surface area (Å²) in [6.07, 6.45) is -5.33. The predicted octanol–water partition coefficient (Wildman–Crippen LogP) is 2.10. The molecule has 0 N–H and O–H groups in total. The normalized spacial score (nSPS) is 14.2. The van der Waals surface area contributed by atoms with E-state index in [0.29, 0.717) is 0 Å². The molecule has 0 aliphatic rings. The third-order valence-electron chi connectivity index (χ3n) is 0.575. The summed E-state index contributed by atoms with van der Waals surface area (Å²) in [5, 5.41) is 0. The van der Waals surface area contributed by atoms with Crippen LogP contribution in [0.15, 0.2) is 0 Å². The zero-order chi connectivity index (χ0) is 7.00. The average Bonchev–Trinajstić information content (AvgIpc) is 1.25. The Morgan fingerprint density at radius 2 is 1.25 bits per heavy atom. The first-order valence-electron chi connectivity index (χ1n) is 1.87. The van der Waals surface area contributed by atoms with Gasteiger partial charge in [0.25, 0.3) is 0 Å². The van der Waals surface area contributed by atoms with Crippen molar-refractivity contribution in [1.29, 1.82) is 0 Å². The topological polar surface area (TPSA) is 0 Å². The van der Waals surface area contributed by atoms with Crippen LogP contribution in [0.2, 0.25) is 6.82 Å². The van der Waals surface area contributed by atoms with E-state index in [0.717, 1.165) is 0 Å². The summed E-state index contributed by atoms with van der Waals surface area (Å²) in [6.45, 7) is -5.27. The van der Waals surface area contributed by atoms with Crippen molar-refractivity contribution < 1.29 is 21.8 Å². The molecule has 0 spiro atoms. The lowest BCUT2D eigenvalue weighted by Crippen LogP contribution is -2.38. The van der Waals surface area contributed by atoms with Crippen LogP contribution in [0.25, 0.3) is 0 Å². The molecular weight excluding hydrogens is 130 g/mol. The maximum atomic E-state index is 11.2. The van der Waals surface area contributed by atoms with Crippen molar-refractivity contribution in [2.45, 2.75) is 12.9 Å². The Hall–Kier alpha value is -0.285. The van der Waals surface area contributed by atoms with Gasteiger partial charge in [0.1, 0.15) is 0 Å². The summed E-state index contributed by atoms with van der Waals surface area (Å²) in [4.78, 5) is 0. The molecule has 0 aliphatic heterocycles. The Bertz CT molecular complexity index is 65.4. The summed E-state index contributed by atoms with van der Waals surface area (Å²) < 4.78 is 54.9. The van der Waals surface area contributed by atoms with E-state index >= 15 is 0 Å². The number of hydrogen-bond donors (Lipinski definition) is 0. The molecule has 0 radical (unpaired) electrons. The van der Waals surface area contributed by atoms with Gasteiger partial charge in [0.05, 0.1) is 0 Å². The first kappa shape index (κ1) is 7.71. The molecule has 0 aliphatic carbocycles. The van der Waals surface area contributed by atoms with Crippen LogP contribution in [0.1, 0.15) is 0 Å². The van der Waals surface area contributed by atoms with Gasteiger partial charge in [-0.15, -0.1) is 6.82 Å². The van der Waals surface area contributed by atoms with Gasteiger partial charge in [-0.1, -0.05) is 0 Å². The van der Waals surface area contributed by atoms with Crippen LogP contribution in [-0.2, 0) is 0 Å². The van der Waals surface area contributed by atoms with Gasteiger partial charge in [-0.25, -0.2) is 13.2 Å². The Morgan fingerprint density at radius 1 is 1.12 bits per heavy atom. The molecule has 0 atom stereocenters. The first-order valence-corrected chi connectivity index (χ1v) is 1.87. The van der Waals surface area contributed by atoms with Crippen molar-refractivity contribution in [2.75, 3.05) is 0 Å². The number of hydrogen-bond acceptors (Lipinski definition) is 0. The molecule has 0 saturated heterocycles. The van der Waals surface area contributed by atoms with E-state index in [1.54, 1.807) is 0 Å². The zero-order valence-corrected chi connectivity index (χ0v) is 3.97. The molecule has 6 heteroatoms. The molecule has 0 aromatic rings. The fraction of sp³-hybridized carbons (Fsp3) is 1.00. The Kier molecular flexibility index (Phi) is 1.54. The summed E-state index contributed by atoms with van der Waals surface area (Å²) in [7, 11) is 0. The molecule has 8 heavy (non-hydrogen) atoms. The molecule has 50 valence electrons. The molecule has 0 heterocycles. The highest BCUT2D eigenvalue weighted by molar-refractivity contribution is 6.66. The van der Waals surface area contributed by atoms with Gasteiger partial charge in [-0.05, 0) is 0 Å². The summed E-state index contributed by atoms with van der Waals surface area (Å²) in [5.41, 5.74) is 0. The molecule has 0 nitrogen and oxygen atoms in total. The SMILES string of the molecule is C[B-](F)(F)C(F)(F)F. The third-order valence-corrected chi connectivity index (χ3v) is 0.575. The quantitative estimate of drug-likeness (QED) is 0.350. The van der Waals surface area contributed by atoms with Crippen LogP contribution in [0.3, 0.4) is 0 Å². The third kappa shape index (κ3) is 1.67. The molecule has 0 fully saturated rings. The van der Waals surface area contributed by atoms with Crippen molar-refractivity contribution in [3.05, 3.63) is 0 Å². The van der Waals surface area contributed by atoms with Crippen molar-refractivity contribution in [3.63, 3.8) is 0 Å². The van der Waals surface area contributed by atoms with E-state index in [9.17, 15) is 21.8 Å². The number of rotatable bonds is 0. The highest BCUT2D eigenvalue weighted by Gasteiger charge is 2.46. The highest BCUT2D eigenvalue weighted by Crippen LogP contribution is 2.29. The summed E-state index contributed by atoms with van der Waals surface area (Å²) in [5.74, 6) is 0. The van der Waals surface area contributed by atoms with E-state index in [2.05, 4.69) is 0 Å². The molecule has 0 aromatic carbocycles. The fourth-order valence-corrected chi connectivity index (χ4v) is 0. The van der Waals surface area contributed by atoms with Crippen LogP contribution >= 0.6 is 0 Å². The van der Waals surface area contributed by atoms with E-state index in [1.165, 1.54) is 0 Å². The maximum absolute atomic E-state index is 11.2. The van der Waals surface area contributed by atoms with Gasteiger partial charge in [-0.2, -0.15) is 0 Å². The second kappa shape index (κ2) is 1.60. The minimum absolute atomic E-state index is 0.125. The van der Waals surface area contributed by atoms with Gasteiger partial charge >= 0.3 is 12.8 Å². The molecule has 0 amide bonds. The van der Waals surface area contributed by atoms with Gasteiger partial charge in [-0.3, -0.25) is 0 Å². The van der Waals surface area contributed by atoms with Crippen molar-refractivity contribution in [1.82, 2.24) is 0 Å². The van der Waals surface area contributed by atoms with E-state index < -0.39 is 12.8 Å². The molecule has 0 saturated carbocycles. The van der Waals surface area contributed by atoms with Crippen molar-refractivity contribution in [2.24, 2.45) is 0 Å². The van der Waals surface area contributed by atoms with E-state index in [4.69, 9.17) is 0 Å². The van der Waals surface area contributed by atoms with E-state index in [-0.39, 0.29) is 6.82 Å². The van der Waals surface area contributed by atoms with E-state index in [1.807, 2.05) is 0 Å². The molecular formula is C2H3BF5-. The first-order chi connectivity index (χ1) is 3.25. The molecule has 0 rings (SSSR count). The molecule has 0 bridgehead atoms. The second-order valence-corrected chi connectivity index (χ2v) is 1.57. The van der Waals surface area contributed by atoms with Crippen LogP contribution in [0, 0.1) is 0 Å². The summed E-state index contributed by atoms with van der Waals surface area (Å²) >= 11 is 0. The predicted molar refractivity (Wildman–Crippen MR) is 19.9 cm³/mol. The van der Waals surface area contributed by atoms with Gasteiger partial charge in [0, 0.05) is 0 Å². The lowest BCUT2D eigenvalue weighted by atomic mass is 9.67. The summed E-state index contributed by atoms with van der Waals surface area (Å²) in [6, 6.07) is 0. The largest absolute Gasteiger partial charge is 0.471 e.